The molecule has 0 aliphatic carbocycles. The molecule has 0 saturated carbocycles. The molecule has 0 aromatic carbocycles. The number of thiophene rings is 1. The van der Waals surface area contributed by atoms with Gasteiger partial charge in [0.1, 0.15) is 5.69 Å². The SMILES string of the molecule is C[C@@H]1CN(C(=O)c2cccn2Cc2cccs2)C[C@H]1C(=O)O. The highest BCUT2D eigenvalue weighted by Gasteiger charge is 2.37. The zero-order chi connectivity index (χ0) is 15.7. The summed E-state index contributed by atoms with van der Waals surface area (Å²) in [5, 5.41) is 11.2. The molecule has 1 fully saturated rings. The second-order valence-corrected chi connectivity index (χ2v) is 6.77. The van der Waals surface area contributed by atoms with Crippen molar-refractivity contribution in [2.24, 2.45) is 11.8 Å². The Morgan fingerprint density at radius 2 is 2.14 bits per heavy atom. The second kappa shape index (κ2) is 5.96. The largest absolute Gasteiger partial charge is 0.481 e. The van der Waals surface area contributed by atoms with Gasteiger partial charge in [0.15, 0.2) is 0 Å². The number of rotatable bonds is 4. The van der Waals surface area contributed by atoms with Crippen molar-refractivity contribution in [1.82, 2.24) is 9.47 Å². The Bertz CT molecular complexity index is 677. The number of carbonyl (C=O) groups excluding carboxylic acids is 1. The van der Waals surface area contributed by atoms with Crippen molar-refractivity contribution in [3.05, 3.63) is 46.4 Å². The number of hydrogen-bond acceptors (Lipinski definition) is 3. The molecule has 0 radical (unpaired) electrons. The molecule has 1 saturated heterocycles. The van der Waals surface area contributed by atoms with Gasteiger partial charge in [-0.1, -0.05) is 13.0 Å². The Hall–Kier alpha value is -2.08. The predicted octanol–water partition coefficient (Wildman–Crippen LogP) is 2.39. The van der Waals surface area contributed by atoms with E-state index in [-0.39, 0.29) is 11.8 Å². The van der Waals surface area contributed by atoms with Crippen LogP contribution in [0.2, 0.25) is 0 Å². The number of nitrogens with zero attached hydrogens (tertiary/aromatic N) is 2. The van der Waals surface area contributed by atoms with Crippen LogP contribution >= 0.6 is 11.3 Å². The molecular formula is C16H18N2O3S. The van der Waals surface area contributed by atoms with Crippen LogP contribution < -0.4 is 0 Å². The summed E-state index contributed by atoms with van der Waals surface area (Å²) in [5.74, 6) is -1.39. The zero-order valence-corrected chi connectivity index (χ0v) is 13.1. The van der Waals surface area contributed by atoms with E-state index in [1.54, 1.807) is 22.3 Å². The summed E-state index contributed by atoms with van der Waals surface area (Å²) in [6.07, 6.45) is 1.89. The number of amides is 1. The lowest BCUT2D eigenvalue weighted by Crippen LogP contribution is -2.31. The first kappa shape index (κ1) is 14.8. The van der Waals surface area contributed by atoms with E-state index in [1.165, 1.54) is 4.88 Å². The minimum atomic E-state index is -0.822. The molecule has 1 amide bonds. The van der Waals surface area contributed by atoms with Crippen LogP contribution in [0.4, 0.5) is 0 Å². The third kappa shape index (κ3) is 2.78. The molecule has 1 aliphatic rings. The fourth-order valence-electron chi connectivity index (χ4n) is 2.93. The Morgan fingerprint density at radius 1 is 1.32 bits per heavy atom. The number of carbonyl (C=O) groups is 2. The topological polar surface area (TPSA) is 62.5 Å². The average molecular weight is 318 g/mol. The quantitative estimate of drug-likeness (QED) is 0.941. The molecule has 5 nitrogen and oxygen atoms in total. The third-order valence-electron chi connectivity index (χ3n) is 4.17. The van der Waals surface area contributed by atoms with Gasteiger partial charge in [0.2, 0.25) is 0 Å². The highest BCUT2D eigenvalue weighted by molar-refractivity contribution is 7.09. The molecule has 3 heterocycles. The number of aliphatic carboxylic acids is 1. The zero-order valence-electron chi connectivity index (χ0n) is 12.3. The van der Waals surface area contributed by atoms with E-state index >= 15 is 0 Å². The summed E-state index contributed by atoms with van der Waals surface area (Å²) >= 11 is 1.66. The van der Waals surface area contributed by atoms with Crippen molar-refractivity contribution in [2.75, 3.05) is 13.1 Å². The first-order valence-corrected chi connectivity index (χ1v) is 8.14. The Morgan fingerprint density at radius 3 is 2.77 bits per heavy atom. The van der Waals surface area contributed by atoms with Crippen molar-refractivity contribution in [2.45, 2.75) is 13.5 Å². The van der Waals surface area contributed by atoms with Gasteiger partial charge in [0.25, 0.3) is 5.91 Å². The lowest BCUT2D eigenvalue weighted by atomic mass is 9.99. The Labute approximate surface area is 132 Å². The fraction of sp³-hybridized carbons (Fsp3) is 0.375. The molecule has 116 valence electrons. The molecule has 6 heteroatoms. The maximum Gasteiger partial charge on any atom is 0.308 e. The Kier molecular flexibility index (Phi) is 4.02. The number of likely N-dealkylation sites (tertiary alicyclic amines) is 1. The van der Waals surface area contributed by atoms with Gasteiger partial charge in [0.05, 0.1) is 12.5 Å². The monoisotopic (exact) mass is 318 g/mol. The van der Waals surface area contributed by atoms with E-state index in [0.29, 0.717) is 25.3 Å². The molecule has 2 aromatic heterocycles. The normalized spacial score (nSPS) is 21.2. The second-order valence-electron chi connectivity index (χ2n) is 5.73. The van der Waals surface area contributed by atoms with Crippen LogP contribution in [-0.4, -0.2) is 39.5 Å². The number of carboxylic acids is 1. The van der Waals surface area contributed by atoms with E-state index in [2.05, 4.69) is 0 Å². The van der Waals surface area contributed by atoms with Crippen molar-refractivity contribution in [3.8, 4) is 0 Å². The molecule has 2 aromatic rings. The first-order valence-electron chi connectivity index (χ1n) is 7.26. The van der Waals surface area contributed by atoms with E-state index in [0.717, 1.165) is 0 Å². The summed E-state index contributed by atoms with van der Waals surface area (Å²) in [4.78, 5) is 26.7. The van der Waals surface area contributed by atoms with E-state index in [1.807, 2.05) is 41.3 Å². The summed E-state index contributed by atoms with van der Waals surface area (Å²) in [6, 6.07) is 7.69. The number of aromatic nitrogens is 1. The van der Waals surface area contributed by atoms with Crippen LogP contribution in [0.25, 0.3) is 0 Å². The lowest BCUT2D eigenvalue weighted by Gasteiger charge is -2.17. The van der Waals surface area contributed by atoms with E-state index in [4.69, 9.17) is 0 Å². The van der Waals surface area contributed by atoms with Crippen molar-refractivity contribution < 1.29 is 14.7 Å². The van der Waals surface area contributed by atoms with Crippen LogP contribution in [0, 0.1) is 11.8 Å². The maximum atomic E-state index is 12.7. The molecular weight excluding hydrogens is 300 g/mol. The van der Waals surface area contributed by atoms with Crippen LogP contribution in [0.15, 0.2) is 35.8 Å². The summed E-state index contributed by atoms with van der Waals surface area (Å²) in [5.41, 5.74) is 0.617. The van der Waals surface area contributed by atoms with Gasteiger partial charge < -0.3 is 14.6 Å². The molecule has 0 bridgehead atoms. The lowest BCUT2D eigenvalue weighted by molar-refractivity contribution is -0.142. The van der Waals surface area contributed by atoms with Crippen molar-refractivity contribution in [1.29, 1.82) is 0 Å². The molecule has 2 atom stereocenters. The van der Waals surface area contributed by atoms with Gasteiger partial charge in [-0.15, -0.1) is 11.3 Å². The van der Waals surface area contributed by atoms with Crippen LogP contribution in [0.1, 0.15) is 22.3 Å². The van der Waals surface area contributed by atoms with Crippen molar-refractivity contribution >= 4 is 23.2 Å². The highest BCUT2D eigenvalue weighted by atomic mass is 32.1. The summed E-state index contributed by atoms with van der Waals surface area (Å²) in [7, 11) is 0. The van der Waals surface area contributed by atoms with Crippen LogP contribution in [0.5, 0.6) is 0 Å². The molecule has 0 unspecified atom stereocenters. The van der Waals surface area contributed by atoms with Gasteiger partial charge in [0, 0.05) is 24.2 Å². The van der Waals surface area contributed by atoms with Gasteiger partial charge in [-0.2, -0.15) is 0 Å². The van der Waals surface area contributed by atoms with Gasteiger partial charge in [-0.05, 0) is 29.5 Å². The van der Waals surface area contributed by atoms with Gasteiger partial charge >= 0.3 is 5.97 Å². The Balaban J connectivity index is 1.76. The third-order valence-corrected chi connectivity index (χ3v) is 5.03. The van der Waals surface area contributed by atoms with Crippen molar-refractivity contribution in [3.63, 3.8) is 0 Å². The molecule has 22 heavy (non-hydrogen) atoms. The minimum Gasteiger partial charge on any atom is -0.481 e. The summed E-state index contributed by atoms with van der Waals surface area (Å²) < 4.78 is 1.92. The molecule has 1 N–H and O–H groups in total. The highest BCUT2D eigenvalue weighted by Crippen LogP contribution is 2.25. The van der Waals surface area contributed by atoms with Crippen LogP contribution in [0.3, 0.4) is 0 Å². The number of carboxylic acid groups (broad SMARTS) is 1. The van der Waals surface area contributed by atoms with Crippen LogP contribution in [-0.2, 0) is 11.3 Å². The molecule has 3 rings (SSSR count). The standard InChI is InChI=1S/C16H18N2O3S/c1-11-8-18(10-13(11)16(20)21)15(19)14-5-2-6-17(14)9-12-4-3-7-22-12/h2-7,11,13H,8-10H2,1H3,(H,20,21)/t11-,13-/m1/s1. The van der Waals surface area contributed by atoms with E-state index in [9.17, 15) is 14.7 Å². The number of hydrogen-bond donors (Lipinski definition) is 1. The maximum absolute atomic E-state index is 12.7. The van der Waals surface area contributed by atoms with Gasteiger partial charge in [-0.3, -0.25) is 9.59 Å². The average Bonchev–Trinajstić information content (AvgIpc) is 3.19. The minimum absolute atomic E-state index is 0.0119. The fourth-order valence-corrected chi connectivity index (χ4v) is 3.64. The summed E-state index contributed by atoms with van der Waals surface area (Å²) in [6.45, 7) is 3.34. The molecule has 0 spiro atoms. The molecule has 1 aliphatic heterocycles. The van der Waals surface area contributed by atoms with E-state index < -0.39 is 11.9 Å². The smallest absolute Gasteiger partial charge is 0.308 e. The van der Waals surface area contributed by atoms with Gasteiger partial charge in [-0.25, -0.2) is 0 Å². The first-order chi connectivity index (χ1) is 10.6. The predicted molar refractivity (Wildman–Crippen MR) is 84.0 cm³/mol.